The molecule has 0 atom stereocenters. The Bertz CT molecular complexity index is 625. The number of Topliss-reactive ketones (excluding diaryl/α,β-unsaturated/α-hetero) is 1. The SMILES string of the molecule is CCc1cccc2c(C(=O)C(=O)OC)cn(C)c12. The maximum Gasteiger partial charge on any atom is 0.379 e. The smallest absolute Gasteiger partial charge is 0.379 e. The van der Waals surface area contributed by atoms with Crippen LogP contribution in [0.25, 0.3) is 10.9 Å². The lowest BCUT2D eigenvalue weighted by molar-refractivity contribution is -0.135. The second-order valence-corrected chi connectivity index (χ2v) is 4.14. The van der Waals surface area contributed by atoms with E-state index in [9.17, 15) is 9.59 Å². The number of aryl methyl sites for hydroxylation is 2. The monoisotopic (exact) mass is 245 g/mol. The molecule has 2 rings (SSSR count). The van der Waals surface area contributed by atoms with Crippen LogP contribution in [-0.4, -0.2) is 23.4 Å². The molecule has 0 fully saturated rings. The maximum absolute atomic E-state index is 11.9. The van der Waals surface area contributed by atoms with Gasteiger partial charge in [-0.05, 0) is 12.0 Å². The van der Waals surface area contributed by atoms with E-state index in [4.69, 9.17) is 0 Å². The molecular weight excluding hydrogens is 230 g/mol. The zero-order valence-corrected chi connectivity index (χ0v) is 10.7. The predicted molar refractivity (Wildman–Crippen MR) is 68.6 cm³/mol. The Balaban J connectivity index is 2.68. The molecule has 94 valence electrons. The Morgan fingerprint density at radius 3 is 2.67 bits per heavy atom. The minimum absolute atomic E-state index is 0.398. The molecule has 4 heteroatoms. The van der Waals surface area contributed by atoms with Crippen molar-refractivity contribution in [2.24, 2.45) is 7.05 Å². The first-order valence-corrected chi connectivity index (χ1v) is 5.79. The molecule has 0 radical (unpaired) electrons. The fourth-order valence-corrected chi connectivity index (χ4v) is 2.22. The normalized spacial score (nSPS) is 10.6. The first-order chi connectivity index (χ1) is 8.60. The number of nitrogens with zero attached hydrogens (tertiary/aromatic N) is 1. The molecule has 0 saturated carbocycles. The van der Waals surface area contributed by atoms with Crippen molar-refractivity contribution in [1.29, 1.82) is 0 Å². The number of hydrogen-bond donors (Lipinski definition) is 0. The first-order valence-electron chi connectivity index (χ1n) is 5.79. The molecule has 4 nitrogen and oxygen atoms in total. The zero-order chi connectivity index (χ0) is 13.3. The zero-order valence-electron chi connectivity index (χ0n) is 10.7. The molecule has 0 amide bonds. The highest BCUT2D eigenvalue weighted by Gasteiger charge is 2.22. The van der Waals surface area contributed by atoms with Gasteiger partial charge in [0.05, 0.1) is 18.2 Å². The highest BCUT2D eigenvalue weighted by molar-refractivity contribution is 6.43. The van der Waals surface area contributed by atoms with E-state index in [1.807, 2.05) is 29.8 Å². The van der Waals surface area contributed by atoms with Crippen LogP contribution in [-0.2, 0) is 23.0 Å². The predicted octanol–water partition coefficient (Wildman–Crippen LogP) is 2.10. The van der Waals surface area contributed by atoms with E-state index in [0.29, 0.717) is 5.56 Å². The summed E-state index contributed by atoms with van der Waals surface area (Å²) in [5, 5.41) is 0.798. The fourth-order valence-electron chi connectivity index (χ4n) is 2.22. The van der Waals surface area contributed by atoms with Gasteiger partial charge in [-0.15, -0.1) is 0 Å². The lowest BCUT2D eigenvalue weighted by Crippen LogP contribution is -2.15. The van der Waals surface area contributed by atoms with Gasteiger partial charge in [0.25, 0.3) is 5.78 Å². The van der Waals surface area contributed by atoms with Gasteiger partial charge in [-0.3, -0.25) is 4.79 Å². The van der Waals surface area contributed by atoms with Crippen molar-refractivity contribution in [3.8, 4) is 0 Å². The number of carbonyl (C=O) groups excluding carboxylic acids is 2. The molecule has 0 spiro atoms. The third-order valence-corrected chi connectivity index (χ3v) is 3.08. The number of rotatable bonds is 3. The molecule has 1 aromatic heterocycles. The van der Waals surface area contributed by atoms with E-state index in [1.165, 1.54) is 7.11 Å². The average Bonchev–Trinajstić information content (AvgIpc) is 2.74. The summed E-state index contributed by atoms with van der Waals surface area (Å²) < 4.78 is 6.36. The summed E-state index contributed by atoms with van der Waals surface area (Å²) in [6.07, 6.45) is 2.56. The summed E-state index contributed by atoms with van der Waals surface area (Å²) in [6, 6.07) is 5.77. The van der Waals surface area contributed by atoms with E-state index in [0.717, 1.165) is 22.9 Å². The Hall–Kier alpha value is -2.10. The molecule has 0 aliphatic heterocycles. The highest BCUT2D eigenvalue weighted by Crippen LogP contribution is 2.25. The molecular formula is C14H15NO3. The largest absolute Gasteiger partial charge is 0.463 e. The summed E-state index contributed by atoms with van der Waals surface area (Å²) in [5.41, 5.74) is 2.54. The van der Waals surface area contributed by atoms with Crippen LogP contribution in [0, 0.1) is 0 Å². The van der Waals surface area contributed by atoms with Gasteiger partial charge in [-0.25, -0.2) is 4.79 Å². The first kappa shape index (κ1) is 12.4. The molecule has 1 heterocycles. The van der Waals surface area contributed by atoms with Gasteiger partial charge in [0.1, 0.15) is 0 Å². The molecule has 0 bridgehead atoms. The van der Waals surface area contributed by atoms with Gasteiger partial charge in [-0.2, -0.15) is 0 Å². The lowest BCUT2D eigenvalue weighted by Gasteiger charge is -2.02. The second-order valence-electron chi connectivity index (χ2n) is 4.14. The minimum Gasteiger partial charge on any atom is -0.463 e. The van der Waals surface area contributed by atoms with Gasteiger partial charge in [0.15, 0.2) is 0 Å². The molecule has 0 aliphatic rings. The minimum atomic E-state index is -0.829. The van der Waals surface area contributed by atoms with Crippen molar-refractivity contribution in [3.63, 3.8) is 0 Å². The number of benzene rings is 1. The number of aromatic nitrogens is 1. The average molecular weight is 245 g/mol. The van der Waals surface area contributed by atoms with Crippen molar-refractivity contribution < 1.29 is 14.3 Å². The number of para-hydroxylation sites is 1. The van der Waals surface area contributed by atoms with Crippen molar-refractivity contribution in [2.45, 2.75) is 13.3 Å². The molecule has 0 unspecified atom stereocenters. The molecule has 2 aromatic rings. The number of fused-ring (bicyclic) bond motifs is 1. The van der Waals surface area contributed by atoms with Crippen LogP contribution in [0.3, 0.4) is 0 Å². The quantitative estimate of drug-likeness (QED) is 0.472. The second kappa shape index (κ2) is 4.64. The van der Waals surface area contributed by atoms with Crippen molar-refractivity contribution in [3.05, 3.63) is 35.5 Å². The Morgan fingerprint density at radius 1 is 1.33 bits per heavy atom. The van der Waals surface area contributed by atoms with Gasteiger partial charge in [0, 0.05) is 18.6 Å². The van der Waals surface area contributed by atoms with E-state index >= 15 is 0 Å². The fraction of sp³-hybridized carbons (Fsp3) is 0.286. The van der Waals surface area contributed by atoms with E-state index < -0.39 is 11.8 Å². The lowest BCUT2D eigenvalue weighted by atomic mass is 10.1. The topological polar surface area (TPSA) is 48.3 Å². The summed E-state index contributed by atoms with van der Waals surface area (Å²) in [7, 11) is 3.08. The maximum atomic E-state index is 11.9. The van der Waals surface area contributed by atoms with Gasteiger partial charge in [0.2, 0.25) is 0 Å². The number of hydrogen-bond acceptors (Lipinski definition) is 3. The summed E-state index contributed by atoms with van der Waals surface area (Å²) in [5.74, 6) is -1.43. The summed E-state index contributed by atoms with van der Waals surface area (Å²) in [6.45, 7) is 2.06. The Morgan fingerprint density at radius 2 is 2.06 bits per heavy atom. The van der Waals surface area contributed by atoms with Crippen LogP contribution in [0.2, 0.25) is 0 Å². The van der Waals surface area contributed by atoms with E-state index in [1.54, 1.807) is 6.20 Å². The third-order valence-electron chi connectivity index (χ3n) is 3.08. The molecule has 18 heavy (non-hydrogen) atoms. The van der Waals surface area contributed by atoms with Crippen LogP contribution in [0.1, 0.15) is 22.8 Å². The van der Waals surface area contributed by atoms with Gasteiger partial charge < -0.3 is 9.30 Å². The Kier molecular flexibility index (Phi) is 3.19. The Labute approximate surface area is 105 Å². The van der Waals surface area contributed by atoms with Gasteiger partial charge in [-0.1, -0.05) is 25.1 Å². The highest BCUT2D eigenvalue weighted by atomic mass is 16.5. The van der Waals surface area contributed by atoms with Crippen LogP contribution in [0.4, 0.5) is 0 Å². The van der Waals surface area contributed by atoms with E-state index in [2.05, 4.69) is 11.7 Å². The molecule has 0 aliphatic carbocycles. The number of ether oxygens (including phenoxy) is 1. The van der Waals surface area contributed by atoms with Gasteiger partial charge >= 0.3 is 5.97 Å². The summed E-state index contributed by atoms with van der Waals surface area (Å²) >= 11 is 0. The summed E-state index contributed by atoms with van der Waals surface area (Å²) in [4.78, 5) is 23.3. The van der Waals surface area contributed by atoms with Crippen molar-refractivity contribution >= 4 is 22.7 Å². The standard InChI is InChI=1S/C14H15NO3/c1-4-9-6-5-7-10-11(8-15(2)12(9)10)13(16)14(17)18-3/h5-8H,4H2,1-3H3. The van der Waals surface area contributed by atoms with Crippen LogP contribution < -0.4 is 0 Å². The molecule has 0 saturated heterocycles. The number of esters is 1. The number of ketones is 1. The van der Waals surface area contributed by atoms with Crippen molar-refractivity contribution in [1.82, 2.24) is 4.57 Å². The molecule has 0 N–H and O–H groups in total. The third kappa shape index (κ3) is 1.79. The molecule has 1 aromatic carbocycles. The van der Waals surface area contributed by atoms with E-state index in [-0.39, 0.29) is 0 Å². The van der Waals surface area contributed by atoms with Crippen molar-refractivity contribution in [2.75, 3.05) is 7.11 Å². The number of methoxy groups -OCH3 is 1. The van der Waals surface area contributed by atoms with Crippen LogP contribution in [0.5, 0.6) is 0 Å². The number of carbonyl (C=O) groups is 2. The van der Waals surface area contributed by atoms with Crippen LogP contribution >= 0.6 is 0 Å². The van der Waals surface area contributed by atoms with Crippen LogP contribution in [0.15, 0.2) is 24.4 Å².